The zero-order valence-electron chi connectivity index (χ0n) is 10.6. The van der Waals surface area contributed by atoms with Gasteiger partial charge in [-0.2, -0.15) is 5.10 Å². The number of pyridine rings is 1. The maximum atomic E-state index is 13.0. The normalized spacial score (nSPS) is 14.8. The molecule has 0 radical (unpaired) electrons. The summed E-state index contributed by atoms with van der Waals surface area (Å²) in [5.74, 6) is 0.196. The van der Waals surface area contributed by atoms with Crippen LogP contribution in [0.5, 0.6) is 5.75 Å². The Kier molecular flexibility index (Phi) is 2.30. The van der Waals surface area contributed by atoms with Gasteiger partial charge in [-0.3, -0.25) is 5.10 Å². The highest BCUT2D eigenvalue weighted by molar-refractivity contribution is 5.91. The van der Waals surface area contributed by atoms with E-state index in [0.717, 1.165) is 23.9 Å². The Morgan fingerprint density at radius 1 is 1.20 bits per heavy atom. The number of nitrogens with one attached hydrogen (secondary N) is 1. The highest BCUT2D eigenvalue weighted by Crippen LogP contribution is 2.45. The van der Waals surface area contributed by atoms with Crippen LogP contribution in [0.2, 0.25) is 0 Å². The number of aromatic hydroxyl groups is 1. The fourth-order valence-corrected chi connectivity index (χ4v) is 2.49. The van der Waals surface area contributed by atoms with Gasteiger partial charge < -0.3 is 5.11 Å². The first-order valence-corrected chi connectivity index (χ1v) is 6.56. The molecule has 1 aliphatic carbocycles. The largest absolute Gasteiger partial charge is 0.504 e. The minimum Gasteiger partial charge on any atom is -0.504 e. The Labute approximate surface area is 114 Å². The molecule has 0 aliphatic heterocycles. The van der Waals surface area contributed by atoms with Crippen LogP contribution >= 0.6 is 0 Å². The first-order valence-electron chi connectivity index (χ1n) is 6.56. The molecule has 2 N–H and O–H groups in total. The second-order valence-corrected chi connectivity index (χ2v) is 5.13. The van der Waals surface area contributed by atoms with Crippen molar-refractivity contribution >= 4 is 10.9 Å². The maximum absolute atomic E-state index is 13.0. The van der Waals surface area contributed by atoms with Gasteiger partial charge in [0.2, 0.25) is 0 Å². The molecule has 5 heteroatoms. The Morgan fingerprint density at radius 2 is 1.95 bits per heavy atom. The number of nitrogens with zero attached hydrogens (tertiary/aromatic N) is 2. The van der Waals surface area contributed by atoms with Gasteiger partial charge in [-0.1, -0.05) is 0 Å². The van der Waals surface area contributed by atoms with Crippen molar-refractivity contribution < 1.29 is 9.50 Å². The average molecular weight is 269 g/mol. The van der Waals surface area contributed by atoms with E-state index in [2.05, 4.69) is 15.2 Å². The molecule has 100 valence electrons. The van der Waals surface area contributed by atoms with Crippen LogP contribution in [0.15, 0.2) is 30.5 Å². The van der Waals surface area contributed by atoms with Crippen molar-refractivity contribution in [2.75, 3.05) is 0 Å². The van der Waals surface area contributed by atoms with E-state index in [1.54, 1.807) is 18.3 Å². The fourth-order valence-electron chi connectivity index (χ4n) is 2.49. The molecule has 0 spiro atoms. The van der Waals surface area contributed by atoms with Gasteiger partial charge in [0.15, 0.2) is 5.75 Å². The molecule has 20 heavy (non-hydrogen) atoms. The van der Waals surface area contributed by atoms with E-state index in [0.29, 0.717) is 22.7 Å². The van der Waals surface area contributed by atoms with Crippen molar-refractivity contribution in [2.24, 2.45) is 0 Å². The van der Waals surface area contributed by atoms with Gasteiger partial charge in [0.1, 0.15) is 17.0 Å². The van der Waals surface area contributed by atoms with Crippen LogP contribution in [0.1, 0.15) is 24.5 Å². The Hall–Kier alpha value is -2.43. The van der Waals surface area contributed by atoms with Gasteiger partial charge in [-0.25, -0.2) is 9.37 Å². The molecule has 0 saturated heterocycles. The molecule has 1 aromatic carbocycles. The molecule has 1 fully saturated rings. The van der Waals surface area contributed by atoms with Crippen LogP contribution in [0.3, 0.4) is 0 Å². The molecular weight excluding hydrogens is 257 g/mol. The number of fused-ring (bicyclic) bond motifs is 1. The van der Waals surface area contributed by atoms with Gasteiger partial charge in [0.25, 0.3) is 0 Å². The summed E-state index contributed by atoms with van der Waals surface area (Å²) in [6, 6.07) is 5.97. The zero-order valence-corrected chi connectivity index (χ0v) is 10.6. The van der Waals surface area contributed by atoms with Crippen molar-refractivity contribution in [2.45, 2.75) is 18.8 Å². The molecule has 4 nitrogen and oxygen atoms in total. The van der Waals surface area contributed by atoms with E-state index in [1.807, 2.05) is 0 Å². The van der Waals surface area contributed by atoms with Gasteiger partial charge >= 0.3 is 0 Å². The van der Waals surface area contributed by atoms with E-state index >= 15 is 0 Å². The van der Waals surface area contributed by atoms with Gasteiger partial charge in [-0.15, -0.1) is 0 Å². The van der Waals surface area contributed by atoms with Crippen LogP contribution in [0.4, 0.5) is 4.39 Å². The molecule has 0 atom stereocenters. The van der Waals surface area contributed by atoms with E-state index in [9.17, 15) is 9.50 Å². The van der Waals surface area contributed by atoms with E-state index in [4.69, 9.17) is 0 Å². The van der Waals surface area contributed by atoms with Crippen molar-refractivity contribution in [3.8, 4) is 17.0 Å². The molecule has 0 amide bonds. The standard InChI is InChI=1S/C15H12FN3O/c16-10-5-3-9(4-6-10)13-15(20)14-11(7-17-19-14)12(18-13)8-1-2-8/h3-8,20H,1-2H2,(H,17,19). The van der Waals surface area contributed by atoms with Crippen LogP contribution in [0.25, 0.3) is 22.2 Å². The van der Waals surface area contributed by atoms with Crippen LogP contribution in [-0.2, 0) is 0 Å². The third-order valence-corrected chi connectivity index (χ3v) is 3.69. The molecular formula is C15H12FN3O. The molecule has 3 aromatic rings. The fraction of sp³-hybridized carbons (Fsp3) is 0.200. The predicted molar refractivity (Wildman–Crippen MR) is 72.9 cm³/mol. The lowest BCUT2D eigenvalue weighted by Gasteiger charge is -2.08. The lowest BCUT2D eigenvalue weighted by atomic mass is 10.1. The summed E-state index contributed by atoms with van der Waals surface area (Å²) in [7, 11) is 0. The third-order valence-electron chi connectivity index (χ3n) is 3.69. The minimum absolute atomic E-state index is 0.0634. The first-order chi connectivity index (χ1) is 9.74. The summed E-state index contributed by atoms with van der Waals surface area (Å²) in [6.45, 7) is 0. The average Bonchev–Trinajstić information content (AvgIpc) is 3.17. The summed E-state index contributed by atoms with van der Waals surface area (Å²) in [5, 5.41) is 18.0. The van der Waals surface area contributed by atoms with Gasteiger partial charge in [-0.05, 0) is 37.1 Å². The number of hydrogen-bond donors (Lipinski definition) is 2. The summed E-state index contributed by atoms with van der Waals surface area (Å²) in [4.78, 5) is 4.60. The Bertz CT molecular complexity index is 791. The molecule has 2 heterocycles. The van der Waals surface area contributed by atoms with Crippen molar-refractivity contribution in [3.05, 3.63) is 42.0 Å². The maximum Gasteiger partial charge on any atom is 0.167 e. The van der Waals surface area contributed by atoms with Crippen LogP contribution in [0, 0.1) is 5.82 Å². The zero-order chi connectivity index (χ0) is 13.7. The molecule has 1 aliphatic rings. The predicted octanol–water partition coefficient (Wildman–Crippen LogP) is 3.35. The monoisotopic (exact) mass is 269 g/mol. The molecule has 4 rings (SSSR count). The van der Waals surface area contributed by atoms with Crippen molar-refractivity contribution in [1.29, 1.82) is 0 Å². The third kappa shape index (κ3) is 1.66. The first kappa shape index (κ1) is 11.4. The van der Waals surface area contributed by atoms with Crippen molar-refractivity contribution in [1.82, 2.24) is 15.2 Å². The molecule has 0 bridgehead atoms. The number of rotatable bonds is 2. The number of aromatic nitrogens is 3. The lowest BCUT2D eigenvalue weighted by molar-refractivity contribution is 0.479. The summed E-state index contributed by atoms with van der Waals surface area (Å²) >= 11 is 0. The highest BCUT2D eigenvalue weighted by Gasteiger charge is 2.29. The number of H-pyrrole nitrogens is 1. The molecule has 1 saturated carbocycles. The number of hydrogen-bond acceptors (Lipinski definition) is 3. The highest BCUT2D eigenvalue weighted by atomic mass is 19.1. The minimum atomic E-state index is -0.307. The molecule has 2 aromatic heterocycles. The van der Waals surface area contributed by atoms with E-state index in [1.165, 1.54) is 12.1 Å². The topological polar surface area (TPSA) is 61.8 Å². The second kappa shape index (κ2) is 4.03. The lowest BCUT2D eigenvalue weighted by Crippen LogP contribution is -1.93. The second-order valence-electron chi connectivity index (χ2n) is 5.13. The van der Waals surface area contributed by atoms with Crippen molar-refractivity contribution in [3.63, 3.8) is 0 Å². The number of benzene rings is 1. The van der Waals surface area contributed by atoms with Crippen LogP contribution < -0.4 is 0 Å². The van der Waals surface area contributed by atoms with E-state index < -0.39 is 0 Å². The smallest absolute Gasteiger partial charge is 0.167 e. The number of halogens is 1. The van der Waals surface area contributed by atoms with Crippen LogP contribution in [-0.4, -0.2) is 20.3 Å². The number of aromatic amines is 1. The Balaban J connectivity index is 1.98. The van der Waals surface area contributed by atoms with Gasteiger partial charge in [0.05, 0.1) is 11.9 Å². The SMILES string of the molecule is Oc1c(-c2ccc(F)cc2)nc(C2CC2)c2cn[nH]c12. The molecule has 0 unspecified atom stereocenters. The quantitative estimate of drug-likeness (QED) is 0.750. The van der Waals surface area contributed by atoms with E-state index in [-0.39, 0.29) is 11.6 Å². The summed E-state index contributed by atoms with van der Waals surface area (Å²) < 4.78 is 13.0. The van der Waals surface area contributed by atoms with Gasteiger partial charge in [0, 0.05) is 16.9 Å². The summed E-state index contributed by atoms with van der Waals surface area (Å²) in [5.41, 5.74) is 2.73. The summed E-state index contributed by atoms with van der Waals surface area (Å²) in [6.07, 6.45) is 3.92. The Morgan fingerprint density at radius 3 is 2.65 bits per heavy atom.